The van der Waals surface area contributed by atoms with Gasteiger partial charge in [-0.25, -0.2) is 0 Å². The molecule has 0 aromatic rings. The van der Waals surface area contributed by atoms with Gasteiger partial charge in [0.15, 0.2) is 0 Å². The van der Waals surface area contributed by atoms with Crippen LogP contribution in [0.4, 0.5) is 0 Å². The van der Waals surface area contributed by atoms with Crippen LogP contribution in [0.2, 0.25) is 0 Å². The molecular formula is C10H19NO. The van der Waals surface area contributed by atoms with Gasteiger partial charge in [0, 0.05) is 6.54 Å². The van der Waals surface area contributed by atoms with Gasteiger partial charge in [0.1, 0.15) is 5.78 Å². The second kappa shape index (κ2) is 4.04. The van der Waals surface area contributed by atoms with Crippen molar-refractivity contribution in [2.45, 2.75) is 39.7 Å². The van der Waals surface area contributed by atoms with Gasteiger partial charge in [-0.3, -0.25) is 9.69 Å². The number of ketones is 1. The number of rotatable bonds is 3. The lowest BCUT2D eigenvalue weighted by Crippen LogP contribution is -2.34. The molecule has 0 bridgehead atoms. The average molecular weight is 169 g/mol. The number of likely N-dealkylation sites (N-methyl/N-ethyl adjacent to an activating group) is 1. The van der Waals surface area contributed by atoms with Crippen LogP contribution in [0, 0.1) is 5.92 Å². The van der Waals surface area contributed by atoms with Gasteiger partial charge in [-0.05, 0) is 25.8 Å². The molecule has 0 aliphatic carbocycles. The van der Waals surface area contributed by atoms with Crippen LogP contribution >= 0.6 is 0 Å². The molecule has 1 fully saturated rings. The highest BCUT2D eigenvalue weighted by Crippen LogP contribution is 2.25. The zero-order chi connectivity index (χ0) is 9.14. The Morgan fingerprint density at radius 2 is 2.17 bits per heavy atom. The number of likely N-dealkylation sites (tertiary alicyclic amines) is 1. The highest BCUT2D eigenvalue weighted by molar-refractivity contribution is 5.81. The van der Waals surface area contributed by atoms with E-state index in [-0.39, 0.29) is 6.04 Å². The van der Waals surface area contributed by atoms with Gasteiger partial charge in [-0.15, -0.1) is 0 Å². The smallest absolute Gasteiger partial charge is 0.146 e. The third-order valence-electron chi connectivity index (χ3n) is 2.94. The van der Waals surface area contributed by atoms with Crippen LogP contribution in [0.25, 0.3) is 0 Å². The van der Waals surface area contributed by atoms with Gasteiger partial charge in [-0.1, -0.05) is 20.3 Å². The second-order valence-corrected chi connectivity index (χ2v) is 3.72. The highest BCUT2D eigenvalue weighted by atomic mass is 16.1. The fraction of sp³-hybridized carbons (Fsp3) is 0.900. The molecule has 2 heteroatoms. The molecule has 12 heavy (non-hydrogen) atoms. The topological polar surface area (TPSA) is 20.3 Å². The first kappa shape index (κ1) is 9.72. The van der Waals surface area contributed by atoms with Crippen LogP contribution in [-0.4, -0.2) is 29.8 Å². The lowest BCUT2D eigenvalue weighted by Gasteiger charge is -2.19. The van der Waals surface area contributed by atoms with Gasteiger partial charge in [-0.2, -0.15) is 0 Å². The third-order valence-corrected chi connectivity index (χ3v) is 2.94. The summed E-state index contributed by atoms with van der Waals surface area (Å²) < 4.78 is 0. The van der Waals surface area contributed by atoms with E-state index in [1.807, 2.05) is 0 Å². The molecule has 0 N–H and O–H groups in total. The predicted octanol–water partition coefficient (Wildman–Crippen LogP) is 1.70. The third kappa shape index (κ3) is 1.86. The molecule has 1 aliphatic heterocycles. The van der Waals surface area contributed by atoms with E-state index in [9.17, 15) is 4.79 Å². The molecule has 1 heterocycles. The molecule has 0 radical (unpaired) electrons. The number of carbonyl (C=O) groups is 1. The van der Waals surface area contributed by atoms with Gasteiger partial charge in [0.05, 0.1) is 6.04 Å². The van der Waals surface area contributed by atoms with Crippen molar-refractivity contribution in [2.75, 3.05) is 13.1 Å². The fourth-order valence-corrected chi connectivity index (χ4v) is 2.07. The molecule has 0 aromatic carbocycles. The van der Waals surface area contributed by atoms with Gasteiger partial charge in [0.25, 0.3) is 0 Å². The Kier molecular flexibility index (Phi) is 3.27. The van der Waals surface area contributed by atoms with Crippen molar-refractivity contribution in [1.29, 1.82) is 0 Å². The SMILES string of the molecule is CC[C@@H]1C[C@@H](C(C)=O)N(CC)C1. The molecule has 0 spiro atoms. The van der Waals surface area contributed by atoms with E-state index in [2.05, 4.69) is 18.7 Å². The first-order valence-corrected chi connectivity index (χ1v) is 4.93. The first-order chi connectivity index (χ1) is 5.69. The molecule has 2 nitrogen and oxygen atoms in total. The number of nitrogens with zero attached hydrogens (tertiary/aromatic N) is 1. The molecule has 1 aliphatic rings. The van der Waals surface area contributed by atoms with E-state index < -0.39 is 0 Å². The van der Waals surface area contributed by atoms with Crippen molar-refractivity contribution in [3.63, 3.8) is 0 Å². The van der Waals surface area contributed by atoms with E-state index in [0.717, 1.165) is 25.4 Å². The fourth-order valence-electron chi connectivity index (χ4n) is 2.07. The van der Waals surface area contributed by atoms with Crippen molar-refractivity contribution in [1.82, 2.24) is 4.90 Å². The van der Waals surface area contributed by atoms with Crippen molar-refractivity contribution < 1.29 is 4.79 Å². The van der Waals surface area contributed by atoms with E-state index in [1.165, 1.54) is 6.42 Å². The molecule has 0 aromatic heterocycles. The van der Waals surface area contributed by atoms with Crippen molar-refractivity contribution >= 4 is 5.78 Å². The molecular weight excluding hydrogens is 150 g/mol. The maximum atomic E-state index is 11.2. The Morgan fingerprint density at radius 1 is 1.50 bits per heavy atom. The van der Waals surface area contributed by atoms with E-state index in [4.69, 9.17) is 0 Å². The summed E-state index contributed by atoms with van der Waals surface area (Å²) in [5.74, 6) is 1.09. The number of carbonyl (C=O) groups excluding carboxylic acids is 1. The van der Waals surface area contributed by atoms with E-state index >= 15 is 0 Å². The lowest BCUT2D eigenvalue weighted by molar-refractivity contribution is -0.121. The minimum absolute atomic E-state index is 0.222. The maximum Gasteiger partial charge on any atom is 0.146 e. The van der Waals surface area contributed by atoms with Gasteiger partial charge >= 0.3 is 0 Å². The summed E-state index contributed by atoms with van der Waals surface area (Å²) in [6, 6.07) is 0.222. The Hall–Kier alpha value is -0.370. The Morgan fingerprint density at radius 3 is 2.50 bits per heavy atom. The summed E-state index contributed by atoms with van der Waals surface area (Å²) in [6.07, 6.45) is 2.29. The Labute approximate surface area is 74.9 Å². The zero-order valence-corrected chi connectivity index (χ0v) is 8.34. The first-order valence-electron chi connectivity index (χ1n) is 4.93. The molecule has 1 rings (SSSR count). The van der Waals surface area contributed by atoms with Crippen LogP contribution in [-0.2, 0) is 4.79 Å². The van der Waals surface area contributed by atoms with Crippen LogP contribution in [0.15, 0.2) is 0 Å². The predicted molar refractivity (Wildman–Crippen MR) is 50.1 cm³/mol. The highest BCUT2D eigenvalue weighted by Gasteiger charge is 2.32. The van der Waals surface area contributed by atoms with Crippen molar-refractivity contribution in [3.8, 4) is 0 Å². The quantitative estimate of drug-likeness (QED) is 0.641. The second-order valence-electron chi connectivity index (χ2n) is 3.72. The molecule has 0 unspecified atom stereocenters. The standard InChI is InChI=1S/C10H19NO/c1-4-9-6-10(8(3)12)11(5-2)7-9/h9-10H,4-7H2,1-3H3/t9-,10+/m1/s1. The minimum atomic E-state index is 0.222. The normalized spacial score (nSPS) is 30.9. The minimum Gasteiger partial charge on any atom is -0.298 e. The number of hydrogen-bond donors (Lipinski definition) is 0. The summed E-state index contributed by atoms with van der Waals surface area (Å²) in [5, 5.41) is 0. The summed E-state index contributed by atoms with van der Waals surface area (Å²) in [7, 11) is 0. The summed E-state index contributed by atoms with van der Waals surface area (Å²) in [5.41, 5.74) is 0. The average Bonchev–Trinajstić information content (AvgIpc) is 2.47. The van der Waals surface area contributed by atoms with Gasteiger partial charge in [0.2, 0.25) is 0 Å². The lowest BCUT2D eigenvalue weighted by atomic mass is 10.0. The van der Waals surface area contributed by atoms with Crippen LogP contribution in [0.1, 0.15) is 33.6 Å². The summed E-state index contributed by atoms with van der Waals surface area (Å²) in [4.78, 5) is 13.5. The van der Waals surface area contributed by atoms with E-state index in [1.54, 1.807) is 6.92 Å². The van der Waals surface area contributed by atoms with Crippen LogP contribution in [0.3, 0.4) is 0 Å². The molecule has 0 saturated carbocycles. The summed E-state index contributed by atoms with van der Waals surface area (Å²) >= 11 is 0. The summed E-state index contributed by atoms with van der Waals surface area (Å²) in [6.45, 7) is 8.19. The van der Waals surface area contributed by atoms with Crippen LogP contribution < -0.4 is 0 Å². The Bertz CT molecular complexity index is 167. The molecule has 1 saturated heterocycles. The van der Waals surface area contributed by atoms with E-state index in [0.29, 0.717) is 5.78 Å². The van der Waals surface area contributed by atoms with Crippen molar-refractivity contribution in [3.05, 3.63) is 0 Å². The van der Waals surface area contributed by atoms with Gasteiger partial charge < -0.3 is 0 Å². The van der Waals surface area contributed by atoms with Crippen LogP contribution in [0.5, 0.6) is 0 Å². The maximum absolute atomic E-state index is 11.2. The Balaban J connectivity index is 2.56. The largest absolute Gasteiger partial charge is 0.298 e. The van der Waals surface area contributed by atoms with Crippen molar-refractivity contribution in [2.24, 2.45) is 5.92 Å². The number of hydrogen-bond acceptors (Lipinski definition) is 2. The number of Topliss-reactive ketones (excluding diaryl/α,β-unsaturated/α-hetero) is 1. The molecule has 70 valence electrons. The molecule has 0 amide bonds. The monoisotopic (exact) mass is 169 g/mol. The molecule has 2 atom stereocenters. The zero-order valence-electron chi connectivity index (χ0n) is 8.34.